The van der Waals surface area contributed by atoms with Crippen LogP contribution in [-0.4, -0.2) is 42.8 Å². The number of carbonyl (C=O) groups excluding carboxylic acids is 1. The molecule has 0 saturated carbocycles. The van der Waals surface area contributed by atoms with Crippen molar-refractivity contribution in [2.75, 3.05) is 7.05 Å². The zero-order chi connectivity index (χ0) is 20.5. The van der Waals surface area contributed by atoms with Crippen molar-refractivity contribution in [1.29, 1.82) is 0 Å². The van der Waals surface area contributed by atoms with E-state index in [2.05, 4.69) is 15.2 Å². The van der Waals surface area contributed by atoms with E-state index in [0.717, 1.165) is 22.0 Å². The molecular weight excluding hydrogens is 368 g/mol. The SMILES string of the molecule is CCc1noc(CN(C)C(=O)c2cc(-c3cnn(C)c3)nc3c(C)cccc23)n1. The molecule has 1 amide bonds. The summed E-state index contributed by atoms with van der Waals surface area (Å²) < 4.78 is 6.95. The maximum absolute atomic E-state index is 13.3. The fourth-order valence-electron chi connectivity index (χ4n) is 3.25. The molecule has 8 nitrogen and oxygen atoms in total. The number of aryl methyl sites for hydroxylation is 3. The number of carbonyl (C=O) groups is 1. The van der Waals surface area contributed by atoms with Crippen molar-refractivity contribution in [3.05, 3.63) is 59.5 Å². The van der Waals surface area contributed by atoms with Gasteiger partial charge in [0.25, 0.3) is 5.91 Å². The molecule has 0 radical (unpaired) electrons. The second-order valence-corrected chi connectivity index (χ2v) is 7.05. The highest BCUT2D eigenvalue weighted by Crippen LogP contribution is 2.27. The minimum absolute atomic E-state index is 0.135. The van der Waals surface area contributed by atoms with Gasteiger partial charge in [-0.25, -0.2) is 4.98 Å². The Kier molecular flexibility index (Phi) is 4.84. The van der Waals surface area contributed by atoms with E-state index in [4.69, 9.17) is 9.51 Å². The summed E-state index contributed by atoms with van der Waals surface area (Å²) in [6.45, 7) is 4.18. The van der Waals surface area contributed by atoms with Gasteiger partial charge in [-0.3, -0.25) is 9.48 Å². The smallest absolute Gasteiger partial charge is 0.254 e. The van der Waals surface area contributed by atoms with E-state index in [9.17, 15) is 4.79 Å². The molecule has 3 aromatic heterocycles. The average molecular weight is 390 g/mol. The Hall–Kier alpha value is -3.55. The molecule has 1 aromatic carbocycles. The van der Waals surface area contributed by atoms with Gasteiger partial charge in [0.15, 0.2) is 5.82 Å². The summed E-state index contributed by atoms with van der Waals surface area (Å²) in [7, 11) is 3.58. The van der Waals surface area contributed by atoms with E-state index in [1.54, 1.807) is 22.8 Å². The van der Waals surface area contributed by atoms with Crippen LogP contribution in [0.1, 0.15) is 34.6 Å². The van der Waals surface area contributed by atoms with Crippen molar-refractivity contribution in [2.24, 2.45) is 7.05 Å². The molecule has 29 heavy (non-hydrogen) atoms. The molecule has 0 bridgehead atoms. The molecule has 0 N–H and O–H groups in total. The number of para-hydroxylation sites is 1. The zero-order valence-corrected chi connectivity index (χ0v) is 16.9. The number of fused-ring (bicyclic) bond motifs is 1. The van der Waals surface area contributed by atoms with Gasteiger partial charge in [0.05, 0.1) is 29.5 Å². The Bertz CT molecular complexity index is 1190. The normalized spacial score (nSPS) is 11.2. The highest BCUT2D eigenvalue weighted by atomic mass is 16.5. The van der Waals surface area contributed by atoms with Crippen LogP contribution in [0.5, 0.6) is 0 Å². The lowest BCUT2D eigenvalue weighted by atomic mass is 10.0. The van der Waals surface area contributed by atoms with Crippen LogP contribution in [0, 0.1) is 6.92 Å². The van der Waals surface area contributed by atoms with Crippen LogP contribution in [0.2, 0.25) is 0 Å². The van der Waals surface area contributed by atoms with Crippen LogP contribution >= 0.6 is 0 Å². The average Bonchev–Trinajstić information content (AvgIpc) is 3.36. The number of nitrogens with zero attached hydrogens (tertiary/aromatic N) is 6. The van der Waals surface area contributed by atoms with Crippen molar-refractivity contribution in [3.8, 4) is 11.3 Å². The van der Waals surface area contributed by atoms with E-state index in [-0.39, 0.29) is 12.5 Å². The van der Waals surface area contributed by atoms with E-state index < -0.39 is 0 Å². The summed E-state index contributed by atoms with van der Waals surface area (Å²) in [4.78, 5) is 24.0. The summed E-state index contributed by atoms with van der Waals surface area (Å²) in [6, 6.07) is 7.67. The van der Waals surface area contributed by atoms with Crippen LogP contribution in [-0.2, 0) is 20.0 Å². The molecule has 4 rings (SSSR count). The lowest BCUT2D eigenvalue weighted by molar-refractivity contribution is 0.0771. The summed E-state index contributed by atoms with van der Waals surface area (Å²) in [5.41, 5.74) is 3.96. The van der Waals surface area contributed by atoms with E-state index >= 15 is 0 Å². The summed E-state index contributed by atoms with van der Waals surface area (Å²) >= 11 is 0. The first kappa shape index (κ1) is 18.8. The van der Waals surface area contributed by atoms with Crippen LogP contribution in [0.4, 0.5) is 0 Å². The van der Waals surface area contributed by atoms with Gasteiger partial charge >= 0.3 is 0 Å². The standard InChI is InChI=1S/C21H22N6O2/c1-5-18-24-19(29-25-18)12-26(3)21(28)16-9-17(14-10-22-27(4)11-14)23-20-13(2)7-6-8-15(16)20/h6-11H,5,12H2,1-4H3. The molecule has 0 unspecified atom stereocenters. The number of aromatic nitrogens is 5. The van der Waals surface area contributed by atoms with Gasteiger partial charge in [0, 0.05) is 37.7 Å². The van der Waals surface area contributed by atoms with Crippen molar-refractivity contribution in [1.82, 2.24) is 29.8 Å². The first-order valence-corrected chi connectivity index (χ1v) is 9.42. The number of pyridine rings is 1. The third-order valence-electron chi connectivity index (χ3n) is 4.82. The second kappa shape index (κ2) is 7.46. The summed E-state index contributed by atoms with van der Waals surface area (Å²) in [5, 5.41) is 8.93. The lowest BCUT2D eigenvalue weighted by Gasteiger charge is -2.17. The maximum atomic E-state index is 13.3. The Morgan fingerprint density at radius 2 is 2.10 bits per heavy atom. The van der Waals surface area contributed by atoms with Crippen molar-refractivity contribution < 1.29 is 9.32 Å². The van der Waals surface area contributed by atoms with Crippen molar-refractivity contribution >= 4 is 16.8 Å². The topological polar surface area (TPSA) is 89.9 Å². The van der Waals surface area contributed by atoms with Gasteiger partial charge < -0.3 is 9.42 Å². The maximum Gasteiger partial charge on any atom is 0.254 e. The molecular formula is C21H22N6O2. The first-order valence-electron chi connectivity index (χ1n) is 9.42. The Morgan fingerprint density at radius 1 is 1.28 bits per heavy atom. The molecule has 0 spiro atoms. The Labute approximate surface area is 168 Å². The molecule has 3 heterocycles. The minimum atomic E-state index is -0.135. The second-order valence-electron chi connectivity index (χ2n) is 7.05. The monoisotopic (exact) mass is 390 g/mol. The Balaban J connectivity index is 1.76. The lowest BCUT2D eigenvalue weighted by Crippen LogP contribution is -2.26. The molecule has 0 aliphatic carbocycles. The van der Waals surface area contributed by atoms with Gasteiger partial charge in [-0.1, -0.05) is 30.3 Å². The van der Waals surface area contributed by atoms with Crippen molar-refractivity contribution in [2.45, 2.75) is 26.8 Å². The number of amides is 1. The highest BCUT2D eigenvalue weighted by molar-refractivity contribution is 6.07. The van der Waals surface area contributed by atoms with Crippen LogP contribution in [0.3, 0.4) is 0 Å². The largest absolute Gasteiger partial charge is 0.337 e. The summed E-state index contributed by atoms with van der Waals surface area (Å²) in [5.74, 6) is 0.911. The zero-order valence-electron chi connectivity index (χ0n) is 16.9. The third kappa shape index (κ3) is 3.61. The third-order valence-corrected chi connectivity index (χ3v) is 4.82. The fourth-order valence-corrected chi connectivity index (χ4v) is 3.25. The molecule has 0 fully saturated rings. The number of hydrogen-bond donors (Lipinski definition) is 0. The predicted octanol–water partition coefficient (Wildman–Crippen LogP) is 3.16. The van der Waals surface area contributed by atoms with Crippen LogP contribution < -0.4 is 0 Å². The summed E-state index contributed by atoms with van der Waals surface area (Å²) in [6.07, 6.45) is 4.31. The molecule has 0 aliphatic heterocycles. The van der Waals surface area contributed by atoms with Gasteiger partial charge in [-0.05, 0) is 18.6 Å². The molecule has 0 atom stereocenters. The van der Waals surface area contributed by atoms with Gasteiger partial charge in [0.2, 0.25) is 5.89 Å². The number of hydrogen-bond acceptors (Lipinski definition) is 6. The fraction of sp³-hybridized carbons (Fsp3) is 0.286. The molecule has 4 aromatic rings. The minimum Gasteiger partial charge on any atom is -0.337 e. The van der Waals surface area contributed by atoms with Crippen molar-refractivity contribution in [3.63, 3.8) is 0 Å². The Morgan fingerprint density at radius 3 is 2.79 bits per heavy atom. The molecule has 0 saturated heterocycles. The van der Waals surface area contributed by atoms with Gasteiger partial charge in [-0.2, -0.15) is 10.1 Å². The van der Waals surface area contributed by atoms with E-state index in [0.29, 0.717) is 29.4 Å². The molecule has 8 heteroatoms. The van der Waals surface area contributed by atoms with Gasteiger partial charge in [-0.15, -0.1) is 0 Å². The van der Waals surface area contributed by atoms with Crippen LogP contribution in [0.25, 0.3) is 22.2 Å². The highest BCUT2D eigenvalue weighted by Gasteiger charge is 2.20. The first-order chi connectivity index (χ1) is 14.0. The molecule has 148 valence electrons. The van der Waals surface area contributed by atoms with Gasteiger partial charge in [0.1, 0.15) is 0 Å². The van der Waals surface area contributed by atoms with E-state index in [1.165, 1.54) is 0 Å². The molecule has 0 aliphatic rings. The predicted molar refractivity (Wildman–Crippen MR) is 108 cm³/mol. The number of rotatable bonds is 5. The number of benzene rings is 1. The quantitative estimate of drug-likeness (QED) is 0.520. The van der Waals surface area contributed by atoms with E-state index in [1.807, 2.05) is 51.4 Å². The van der Waals surface area contributed by atoms with Crippen LogP contribution in [0.15, 0.2) is 41.2 Å².